The second kappa shape index (κ2) is 6.88. The summed E-state index contributed by atoms with van der Waals surface area (Å²) in [5.41, 5.74) is 1.49. The van der Waals surface area contributed by atoms with Crippen molar-refractivity contribution in [3.8, 4) is 0 Å². The van der Waals surface area contributed by atoms with Gasteiger partial charge in [0.05, 0.1) is 18.6 Å². The number of aromatic nitrogens is 2. The van der Waals surface area contributed by atoms with E-state index in [-0.39, 0.29) is 12.0 Å². The molecule has 1 aromatic rings. The van der Waals surface area contributed by atoms with Crippen molar-refractivity contribution in [2.24, 2.45) is 0 Å². The minimum atomic E-state index is -0.672. The van der Waals surface area contributed by atoms with Crippen LogP contribution in [0.15, 0.2) is 6.33 Å². The quantitative estimate of drug-likeness (QED) is 0.780. The SMILES string of the molecule is CCNC(C)(CC(C)n1cnc(C)c1C)C(=O)OCC. The Labute approximate surface area is 121 Å². The molecule has 2 atom stereocenters. The number of nitrogens with zero attached hydrogens (tertiary/aromatic N) is 2. The second-order valence-electron chi connectivity index (χ2n) is 5.46. The zero-order valence-corrected chi connectivity index (χ0v) is 13.5. The standard InChI is InChI=1S/C15H27N3O2/c1-7-17-15(6,14(19)20-8-2)9-11(3)18-10-16-12(4)13(18)5/h10-11,17H,7-9H2,1-6H3. The molecular weight excluding hydrogens is 254 g/mol. The van der Waals surface area contributed by atoms with Crippen LogP contribution in [0.3, 0.4) is 0 Å². The predicted molar refractivity (Wildman–Crippen MR) is 79.7 cm³/mol. The fourth-order valence-electron chi connectivity index (χ4n) is 2.56. The zero-order chi connectivity index (χ0) is 15.3. The van der Waals surface area contributed by atoms with Gasteiger partial charge in [0.15, 0.2) is 0 Å². The number of imidazole rings is 1. The zero-order valence-electron chi connectivity index (χ0n) is 13.5. The number of carbonyl (C=O) groups is 1. The molecule has 1 rings (SSSR count). The molecule has 2 unspecified atom stereocenters. The molecule has 0 amide bonds. The van der Waals surface area contributed by atoms with Gasteiger partial charge in [-0.05, 0) is 47.6 Å². The minimum Gasteiger partial charge on any atom is -0.465 e. The third-order valence-corrected chi connectivity index (χ3v) is 3.76. The lowest BCUT2D eigenvalue weighted by atomic mass is 9.93. The molecule has 0 saturated carbocycles. The van der Waals surface area contributed by atoms with Crippen LogP contribution in [0.25, 0.3) is 0 Å². The van der Waals surface area contributed by atoms with E-state index in [0.717, 1.165) is 17.9 Å². The highest BCUT2D eigenvalue weighted by Gasteiger charge is 2.36. The van der Waals surface area contributed by atoms with E-state index in [0.29, 0.717) is 13.0 Å². The lowest BCUT2D eigenvalue weighted by Crippen LogP contribution is -2.51. The van der Waals surface area contributed by atoms with Crippen molar-refractivity contribution in [2.45, 2.75) is 59.5 Å². The topological polar surface area (TPSA) is 56.2 Å². The highest BCUT2D eigenvalue weighted by molar-refractivity contribution is 5.80. The van der Waals surface area contributed by atoms with E-state index in [1.165, 1.54) is 0 Å². The van der Waals surface area contributed by atoms with E-state index < -0.39 is 5.54 Å². The van der Waals surface area contributed by atoms with Crippen LogP contribution in [0.2, 0.25) is 0 Å². The third-order valence-electron chi connectivity index (χ3n) is 3.76. The van der Waals surface area contributed by atoms with Crippen LogP contribution in [0.1, 0.15) is 51.5 Å². The normalized spacial score (nSPS) is 15.7. The number of aryl methyl sites for hydroxylation is 1. The van der Waals surface area contributed by atoms with Gasteiger partial charge >= 0.3 is 5.97 Å². The number of hydrogen-bond donors (Lipinski definition) is 1. The summed E-state index contributed by atoms with van der Waals surface area (Å²) < 4.78 is 7.32. The molecule has 0 aliphatic rings. The third kappa shape index (κ3) is 3.60. The number of carbonyl (C=O) groups excluding carboxylic acids is 1. The first-order valence-electron chi connectivity index (χ1n) is 7.28. The van der Waals surface area contributed by atoms with Gasteiger partial charge in [-0.2, -0.15) is 0 Å². The summed E-state index contributed by atoms with van der Waals surface area (Å²) in [5, 5.41) is 3.26. The Morgan fingerprint density at radius 1 is 1.50 bits per heavy atom. The maximum Gasteiger partial charge on any atom is 0.326 e. The first-order chi connectivity index (χ1) is 9.35. The van der Waals surface area contributed by atoms with Gasteiger partial charge in [0.1, 0.15) is 5.54 Å². The van der Waals surface area contributed by atoms with Crippen molar-refractivity contribution in [3.63, 3.8) is 0 Å². The first-order valence-corrected chi connectivity index (χ1v) is 7.28. The average molecular weight is 281 g/mol. The second-order valence-corrected chi connectivity index (χ2v) is 5.46. The Bertz CT molecular complexity index is 456. The molecule has 5 heteroatoms. The fraction of sp³-hybridized carbons (Fsp3) is 0.733. The minimum absolute atomic E-state index is 0.171. The van der Waals surface area contributed by atoms with Gasteiger partial charge in [0.2, 0.25) is 0 Å². The van der Waals surface area contributed by atoms with Crippen LogP contribution in [-0.2, 0) is 9.53 Å². The van der Waals surface area contributed by atoms with Gasteiger partial charge in [-0.3, -0.25) is 4.79 Å². The molecular formula is C15H27N3O2. The van der Waals surface area contributed by atoms with Crippen molar-refractivity contribution in [1.29, 1.82) is 0 Å². The summed E-state index contributed by atoms with van der Waals surface area (Å²) in [4.78, 5) is 16.5. The van der Waals surface area contributed by atoms with E-state index in [1.54, 1.807) is 0 Å². The molecule has 1 heterocycles. The van der Waals surface area contributed by atoms with Crippen LogP contribution in [-0.4, -0.2) is 34.2 Å². The van der Waals surface area contributed by atoms with E-state index in [4.69, 9.17) is 4.74 Å². The van der Waals surface area contributed by atoms with Gasteiger partial charge in [-0.25, -0.2) is 4.98 Å². The first kappa shape index (κ1) is 16.7. The maximum atomic E-state index is 12.2. The van der Waals surface area contributed by atoms with Gasteiger partial charge < -0.3 is 14.6 Å². The summed E-state index contributed by atoms with van der Waals surface area (Å²) in [7, 11) is 0. The van der Waals surface area contributed by atoms with Crippen LogP contribution >= 0.6 is 0 Å². The number of hydrogen-bond acceptors (Lipinski definition) is 4. The lowest BCUT2D eigenvalue weighted by Gasteiger charge is -2.31. The Kier molecular flexibility index (Phi) is 5.74. The summed E-state index contributed by atoms with van der Waals surface area (Å²) in [6.45, 7) is 13.0. The summed E-state index contributed by atoms with van der Waals surface area (Å²) in [5.74, 6) is -0.191. The Hall–Kier alpha value is -1.36. The summed E-state index contributed by atoms with van der Waals surface area (Å²) >= 11 is 0. The molecule has 0 radical (unpaired) electrons. The molecule has 0 bridgehead atoms. The van der Waals surface area contributed by atoms with Crippen LogP contribution < -0.4 is 5.32 Å². The Morgan fingerprint density at radius 3 is 2.60 bits per heavy atom. The van der Waals surface area contributed by atoms with Crippen LogP contribution in [0.5, 0.6) is 0 Å². The van der Waals surface area contributed by atoms with Crippen molar-refractivity contribution in [2.75, 3.05) is 13.2 Å². The van der Waals surface area contributed by atoms with Crippen molar-refractivity contribution in [1.82, 2.24) is 14.9 Å². The molecule has 0 spiro atoms. The smallest absolute Gasteiger partial charge is 0.326 e. The Morgan fingerprint density at radius 2 is 2.15 bits per heavy atom. The van der Waals surface area contributed by atoms with Gasteiger partial charge in [0.25, 0.3) is 0 Å². The highest BCUT2D eigenvalue weighted by atomic mass is 16.5. The number of rotatable bonds is 7. The molecule has 0 aliphatic heterocycles. The monoisotopic (exact) mass is 281 g/mol. The van der Waals surface area contributed by atoms with E-state index in [1.807, 2.05) is 40.9 Å². The van der Waals surface area contributed by atoms with E-state index >= 15 is 0 Å². The van der Waals surface area contributed by atoms with Crippen molar-refractivity contribution >= 4 is 5.97 Å². The molecule has 0 saturated heterocycles. The van der Waals surface area contributed by atoms with Crippen molar-refractivity contribution in [3.05, 3.63) is 17.7 Å². The largest absolute Gasteiger partial charge is 0.465 e. The van der Waals surface area contributed by atoms with E-state index in [9.17, 15) is 4.79 Å². The summed E-state index contributed by atoms with van der Waals surface area (Å²) in [6.07, 6.45) is 2.50. The number of ether oxygens (including phenoxy) is 1. The molecule has 1 aromatic heterocycles. The average Bonchev–Trinajstić information content (AvgIpc) is 2.70. The van der Waals surface area contributed by atoms with Gasteiger partial charge in [0, 0.05) is 11.7 Å². The summed E-state index contributed by atoms with van der Waals surface area (Å²) in [6, 6.07) is 0.171. The molecule has 1 N–H and O–H groups in total. The van der Waals surface area contributed by atoms with Crippen LogP contribution in [0.4, 0.5) is 0 Å². The number of nitrogens with one attached hydrogen (secondary N) is 1. The predicted octanol–water partition coefficient (Wildman–Crippen LogP) is 2.38. The number of likely N-dealkylation sites (N-methyl/N-ethyl adjacent to an activating group) is 1. The maximum absolute atomic E-state index is 12.2. The van der Waals surface area contributed by atoms with Crippen molar-refractivity contribution < 1.29 is 9.53 Å². The molecule has 0 aromatic carbocycles. The Balaban J connectivity index is 2.89. The number of esters is 1. The van der Waals surface area contributed by atoms with Crippen LogP contribution in [0, 0.1) is 13.8 Å². The highest BCUT2D eigenvalue weighted by Crippen LogP contribution is 2.24. The van der Waals surface area contributed by atoms with Gasteiger partial charge in [-0.15, -0.1) is 0 Å². The fourth-order valence-corrected chi connectivity index (χ4v) is 2.56. The van der Waals surface area contributed by atoms with Gasteiger partial charge in [-0.1, -0.05) is 6.92 Å². The lowest BCUT2D eigenvalue weighted by molar-refractivity contribution is -0.151. The molecule has 0 fully saturated rings. The molecule has 0 aliphatic carbocycles. The molecule has 114 valence electrons. The molecule has 5 nitrogen and oxygen atoms in total. The van der Waals surface area contributed by atoms with E-state index in [2.05, 4.69) is 21.8 Å². The molecule has 20 heavy (non-hydrogen) atoms.